The predicted octanol–water partition coefficient (Wildman–Crippen LogP) is 0.911. The third kappa shape index (κ3) is 6.12. The van der Waals surface area contributed by atoms with Crippen LogP contribution in [0.25, 0.3) is 0 Å². The molecule has 2 aromatic carbocycles. The Morgan fingerprint density at radius 2 is 1.81 bits per heavy atom. The van der Waals surface area contributed by atoms with E-state index >= 15 is 0 Å². The molecule has 1 atom stereocenters. The molecule has 0 saturated heterocycles. The lowest BCUT2D eigenvalue weighted by Gasteiger charge is -2.20. The Labute approximate surface area is 187 Å². The number of carboxylic acids is 1. The number of aromatic nitrogens is 1. The molecule has 0 radical (unpaired) electrons. The molecule has 0 bridgehead atoms. The molecular formula is C21H19N6O4S-. The maximum absolute atomic E-state index is 12.7. The van der Waals surface area contributed by atoms with Crippen molar-refractivity contribution in [3.63, 3.8) is 0 Å². The lowest BCUT2D eigenvalue weighted by molar-refractivity contribution is -0.306. The highest BCUT2D eigenvalue weighted by Gasteiger charge is 2.17. The number of aliphatic imine (C=N–C) groups is 1. The van der Waals surface area contributed by atoms with Gasteiger partial charge in [0.1, 0.15) is 4.88 Å². The molecule has 0 aliphatic carbocycles. The first-order valence-electron chi connectivity index (χ1n) is 9.34. The van der Waals surface area contributed by atoms with E-state index < -0.39 is 23.8 Å². The molecule has 3 rings (SSSR count). The van der Waals surface area contributed by atoms with Crippen molar-refractivity contribution >= 4 is 45.9 Å². The number of amides is 2. The molecule has 1 heterocycles. The molecule has 32 heavy (non-hydrogen) atoms. The van der Waals surface area contributed by atoms with Crippen LogP contribution in [-0.2, 0) is 4.79 Å². The number of carbonyl (C=O) groups is 3. The van der Waals surface area contributed by atoms with Crippen molar-refractivity contribution < 1.29 is 19.5 Å². The Hall–Kier alpha value is -4.25. The minimum atomic E-state index is -1.29. The van der Waals surface area contributed by atoms with Crippen molar-refractivity contribution in [2.75, 3.05) is 5.32 Å². The summed E-state index contributed by atoms with van der Waals surface area (Å²) in [6.07, 6.45) is 0.957. The number of benzene rings is 2. The number of anilines is 1. The van der Waals surface area contributed by atoms with E-state index in [1.807, 2.05) is 0 Å². The minimum Gasteiger partial charge on any atom is -0.550 e. The maximum atomic E-state index is 12.7. The van der Waals surface area contributed by atoms with Gasteiger partial charge in [-0.05, 0) is 23.8 Å². The van der Waals surface area contributed by atoms with Crippen LogP contribution in [0.4, 0.5) is 10.8 Å². The van der Waals surface area contributed by atoms with Crippen molar-refractivity contribution in [2.45, 2.75) is 12.5 Å². The number of thiazole rings is 1. The first-order valence-corrected chi connectivity index (χ1v) is 10.2. The number of nitrogens with zero attached hydrogens (tertiary/aromatic N) is 2. The van der Waals surface area contributed by atoms with Gasteiger partial charge in [0, 0.05) is 23.6 Å². The molecule has 0 aliphatic rings. The molecule has 1 aromatic heterocycles. The van der Waals surface area contributed by atoms with Crippen molar-refractivity contribution in [3.05, 3.63) is 76.8 Å². The Bertz CT molecular complexity index is 1160. The van der Waals surface area contributed by atoms with Crippen LogP contribution in [0.2, 0.25) is 0 Å². The fourth-order valence-electron chi connectivity index (χ4n) is 2.81. The second kappa shape index (κ2) is 10.2. The summed E-state index contributed by atoms with van der Waals surface area (Å²) >= 11 is 0.999. The van der Waals surface area contributed by atoms with Gasteiger partial charge < -0.3 is 32.0 Å². The number of rotatable bonds is 8. The van der Waals surface area contributed by atoms with Gasteiger partial charge >= 0.3 is 0 Å². The summed E-state index contributed by atoms with van der Waals surface area (Å²) in [5.74, 6) is -2.40. The first kappa shape index (κ1) is 22.4. The van der Waals surface area contributed by atoms with Crippen LogP contribution in [0.15, 0.2) is 65.8 Å². The number of hydrogen-bond acceptors (Lipinski definition) is 7. The average molecular weight is 451 g/mol. The second-order valence-electron chi connectivity index (χ2n) is 6.59. The van der Waals surface area contributed by atoms with Crippen LogP contribution in [0.5, 0.6) is 0 Å². The quantitative estimate of drug-likeness (QED) is 0.290. The predicted molar refractivity (Wildman–Crippen MR) is 118 cm³/mol. The molecule has 2 amide bonds. The van der Waals surface area contributed by atoms with Gasteiger partial charge in [-0.2, -0.15) is 4.99 Å². The number of hydrogen-bond donors (Lipinski definition) is 4. The Morgan fingerprint density at radius 1 is 1.06 bits per heavy atom. The second-order valence-corrected chi connectivity index (χ2v) is 7.60. The third-order valence-corrected chi connectivity index (χ3v) is 5.09. The molecule has 10 nitrogen and oxygen atoms in total. The summed E-state index contributed by atoms with van der Waals surface area (Å²) in [5, 5.41) is 16.7. The van der Waals surface area contributed by atoms with Gasteiger partial charge in [0.2, 0.25) is 5.13 Å². The van der Waals surface area contributed by atoms with E-state index in [4.69, 9.17) is 11.5 Å². The van der Waals surface area contributed by atoms with E-state index in [9.17, 15) is 19.5 Å². The maximum Gasteiger partial charge on any atom is 0.267 e. The summed E-state index contributed by atoms with van der Waals surface area (Å²) in [7, 11) is 0. The van der Waals surface area contributed by atoms with Crippen molar-refractivity contribution in [1.82, 2.24) is 10.3 Å². The number of nitrogens with two attached hydrogens (primary N) is 2. The molecule has 0 spiro atoms. The van der Waals surface area contributed by atoms with Gasteiger partial charge in [-0.25, -0.2) is 4.98 Å². The van der Waals surface area contributed by atoms with Crippen LogP contribution in [-0.4, -0.2) is 28.7 Å². The van der Waals surface area contributed by atoms with Crippen molar-refractivity contribution in [1.29, 1.82) is 0 Å². The molecule has 164 valence electrons. The minimum absolute atomic E-state index is 0.169. The third-order valence-electron chi connectivity index (χ3n) is 4.20. The van der Waals surface area contributed by atoms with Crippen LogP contribution >= 0.6 is 11.3 Å². The monoisotopic (exact) mass is 451 g/mol. The zero-order valence-electron chi connectivity index (χ0n) is 16.6. The van der Waals surface area contributed by atoms with E-state index in [0.29, 0.717) is 11.3 Å². The summed E-state index contributed by atoms with van der Waals surface area (Å²) in [6, 6.07) is 14.2. The van der Waals surface area contributed by atoms with Crippen LogP contribution in [0, 0.1) is 0 Å². The zero-order valence-corrected chi connectivity index (χ0v) is 17.5. The van der Waals surface area contributed by atoms with Crippen molar-refractivity contribution in [3.8, 4) is 0 Å². The number of guanidine groups is 1. The number of aliphatic carboxylic acids is 1. The van der Waals surface area contributed by atoms with Crippen molar-refractivity contribution in [2.24, 2.45) is 16.5 Å². The lowest BCUT2D eigenvalue weighted by atomic mass is 10.0. The molecular weight excluding hydrogens is 432 g/mol. The number of carbonyl (C=O) groups excluding carboxylic acids is 3. The van der Waals surface area contributed by atoms with E-state index in [2.05, 4.69) is 20.6 Å². The topological polar surface area (TPSA) is 176 Å². The summed E-state index contributed by atoms with van der Waals surface area (Å²) < 4.78 is 0. The largest absolute Gasteiger partial charge is 0.550 e. The van der Waals surface area contributed by atoms with Crippen LogP contribution < -0.4 is 27.2 Å². The fraction of sp³-hybridized carbons (Fsp3) is 0.0952. The van der Waals surface area contributed by atoms with Gasteiger partial charge in [0.25, 0.3) is 11.8 Å². The van der Waals surface area contributed by atoms with Gasteiger partial charge in [0.15, 0.2) is 5.96 Å². The van der Waals surface area contributed by atoms with E-state index in [1.165, 1.54) is 12.3 Å². The standard InChI is InChI=1S/C21H20N6O4S/c22-20(23)27-21-24-11-16(32-21)19(31)25-14-8-4-7-13(9-14)18(30)26-15(10-17(28)29)12-5-2-1-3-6-12/h1-9,11,15H,10H2,(H,25,31)(H,26,30)(H,28,29)(H4,22,23,24,27)/p-1. The molecule has 0 fully saturated rings. The Morgan fingerprint density at radius 3 is 2.50 bits per heavy atom. The summed E-state index contributed by atoms with van der Waals surface area (Å²) in [5.41, 5.74) is 11.8. The molecule has 6 N–H and O–H groups in total. The molecule has 0 aliphatic heterocycles. The van der Waals surface area contributed by atoms with Crippen LogP contribution in [0.1, 0.15) is 38.1 Å². The highest BCUT2D eigenvalue weighted by molar-refractivity contribution is 7.17. The number of nitrogens with one attached hydrogen (secondary N) is 2. The molecule has 0 saturated carbocycles. The normalized spacial score (nSPS) is 11.2. The van der Waals surface area contributed by atoms with E-state index in [1.54, 1.807) is 48.5 Å². The first-order chi connectivity index (χ1) is 15.3. The van der Waals surface area contributed by atoms with E-state index in [0.717, 1.165) is 11.3 Å². The van der Waals surface area contributed by atoms with E-state index in [-0.39, 0.29) is 28.0 Å². The summed E-state index contributed by atoms with van der Waals surface area (Å²) in [6.45, 7) is 0. The highest BCUT2D eigenvalue weighted by Crippen LogP contribution is 2.22. The average Bonchev–Trinajstić information content (AvgIpc) is 3.21. The highest BCUT2D eigenvalue weighted by atomic mass is 32.1. The summed E-state index contributed by atoms with van der Waals surface area (Å²) in [4.78, 5) is 44.3. The van der Waals surface area contributed by atoms with Gasteiger partial charge in [-0.3, -0.25) is 9.59 Å². The lowest BCUT2D eigenvalue weighted by Crippen LogP contribution is -2.34. The molecule has 3 aromatic rings. The smallest absolute Gasteiger partial charge is 0.267 e. The SMILES string of the molecule is NC(N)=Nc1ncc(C(=O)Nc2cccc(C(=O)NC(CC(=O)[O-])c3ccccc3)c2)s1. The zero-order chi connectivity index (χ0) is 23.1. The molecule has 1 unspecified atom stereocenters. The van der Waals surface area contributed by atoms with Gasteiger partial charge in [-0.1, -0.05) is 47.7 Å². The van der Waals surface area contributed by atoms with Gasteiger partial charge in [0.05, 0.1) is 12.2 Å². The van der Waals surface area contributed by atoms with Crippen LogP contribution in [0.3, 0.4) is 0 Å². The van der Waals surface area contributed by atoms with Gasteiger partial charge in [-0.15, -0.1) is 0 Å². The Kier molecular flexibility index (Phi) is 7.13. The Balaban J connectivity index is 1.72. The number of carboxylic acid groups (broad SMARTS) is 1. The molecule has 11 heteroatoms. The fourth-order valence-corrected chi connectivity index (χ4v) is 3.51.